The number of carbonyl (C=O) groups is 2. The molecule has 1 N–H and O–H groups in total. The predicted molar refractivity (Wildman–Crippen MR) is 97.1 cm³/mol. The number of anilines is 1. The number of hydrogen-bond acceptors (Lipinski definition) is 3. The van der Waals surface area contributed by atoms with Crippen LogP contribution in [0.25, 0.3) is 0 Å². The van der Waals surface area contributed by atoms with Crippen LogP contribution < -0.4 is 10.2 Å². The van der Waals surface area contributed by atoms with Crippen LogP contribution in [0.2, 0.25) is 5.02 Å². The number of amides is 2. The average molecular weight is 359 g/mol. The number of aryl methyl sites for hydroxylation is 1. The van der Waals surface area contributed by atoms with Gasteiger partial charge < -0.3 is 15.0 Å². The maximum atomic E-state index is 12.2. The molecule has 2 aromatic rings. The molecular weight excluding hydrogens is 340 g/mol. The summed E-state index contributed by atoms with van der Waals surface area (Å²) in [5.41, 5.74) is 2.41. The number of carbonyl (C=O) groups excluding carboxylic acids is 2. The molecular formula is C19H19ClN2O3. The van der Waals surface area contributed by atoms with Crippen LogP contribution in [0.5, 0.6) is 0 Å². The molecule has 1 saturated heterocycles. The van der Waals surface area contributed by atoms with Gasteiger partial charge in [0.05, 0.1) is 12.6 Å². The Bertz CT molecular complexity index is 776. The maximum absolute atomic E-state index is 12.2. The van der Waals surface area contributed by atoms with Gasteiger partial charge in [0.1, 0.15) is 6.61 Å². The molecule has 1 aliphatic rings. The Kier molecular flexibility index (Phi) is 5.36. The number of morpholine rings is 1. The van der Waals surface area contributed by atoms with Crippen molar-refractivity contribution in [3.8, 4) is 0 Å². The first-order chi connectivity index (χ1) is 12.0. The Morgan fingerprint density at radius 3 is 2.76 bits per heavy atom. The second-order valence-corrected chi connectivity index (χ2v) is 6.43. The SMILES string of the molecule is Cc1cccc(C(=O)NCC2CN(c3ccc(Cl)cc3)C(=O)CO2)c1. The molecule has 1 aliphatic heterocycles. The number of ether oxygens (including phenoxy) is 1. The Morgan fingerprint density at radius 2 is 2.04 bits per heavy atom. The topological polar surface area (TPSA) is 58.6 Å². The lowest BCUT2D eigenvalue weighted by molar-refractivity contribution is -0.129. The van der Waals surface area contributed by atoms with Gasteiger partial charge in [0, 0.05) is 22.8 Å². The molecule has 0 aromatic heterocycles. The van der Waals surface area contributed by atoms with Crippen molar-refractivity contribution in [2.45, 2.75) is 13.0 Å². The summed E-state index contributed by atoms with van der Waals surface area (Å²) >= 11 is 5.89. The first-order valence-electron chi connectivity index (χ1n) is 8.05. The Morgan fingerprint density at radius 1 is 1.28 bits per heavy atom. The van der Waals surface area contributed by atoms with Gasteiger partial charge in [-0.1, -0.05) is 29.3 Å². The zero-order valence-corrected chi connectivity index (χ0v) is 14.6. The highest BCUT2D eigenvalue weighted by molar-refractivity contribution is 6.30. The Balaban J connectivity index is 1.61. The summed E-state index contributed by atoms with van der Waals surface area (Å²) in [5.74, 6) is -0.258. The minimum Gasteiger partial charge on any atom is -0.365 e. The fourth-order valence-corrected chi connectivity index (χ4v) is 2.84. The van der Waals surface area contributed by atoms with Gasteiger partial charge in [-0.15, -0.1) is 0 Å². The number of benzene rings is 2. The summed E-state index contributed by atoms with van der Waals surface area (Å²) in [6.45, 7) is 2.66. The van der Waals surface area contributed by atoms with E-state index >= 15 is 0 Å². The zero-order chi connectivity index (χ0) is 17.8. The van der Waals surface area contributed by atoms with E-state index in [9.17, 15) is 9.59 Å². The van der Waals surface area contributed by atoms with Gasteiger partial charge in [-0.05, 0) is 43.3 Å². The summed E-state index contributed by atoms with van der Waals surface area (Å²) < 4.78 is 5.54. The molecule has 0 aliphatic carbocycles. The third-order valence-corrected chi connectivity index (χ3v) is 4.29. The second-order valence-electron chi connectivity index (χ2n) is 5.99. The molecule has 2 aromatic carbocycles. The molecule has 25 heavy (non-hydrogen) atoms. The lowest BCUT2D eigenvalue weighted by Crippen LogP contribution is -2.50. The molecule has 0 spiro atoms. The van der Waals surface area contributed by atoms with E-state index in [1.807, 2.05) is 25.1 Å². The number of nitrogens with one attached hydrogen (secondary N) is 1. The van der Waals surface area contributed by atoms with Crippen molar-refractivity contribution in [1.82, 2.24) is 5.32 Å². The van der Waals surface area contributed by atoms with Gasteiger partial charge in [0.25, 0.3) is 11.8 Å². The number of nitrogens with zero attached hydrogens (tertiary/aromatic N) is 1. The van der Waals surface area contributed by atoms with E-state index in [4.69, 9.17) is 16.3 Å². The van der Waals surface area contributed by atoms with Crippen LogP contribution in [0.4, 0.5) is 5.69 Å². The van der Waals surface area contributed by atoms with E-state index in [1.54, 1.807) is 35.2 Å². The molecule has 3 rings (SSSR count). The van der Waals surface area contributed by atoms with Crippen molar-refractivity contribution in [2.75, 3.05) is 24.6 Å². The van der Waals surface area contributed by atoms with E-state index in [0.29, 0.717) is 23.7 Å². The van der Waals surface area contributed by atoms with Crippen LogP contribution in [0, 0.1) is 6.92 Å². The summed E-state index contributed by atoms with van der Waals surface area (Å²) in [6, 6.07) is 14.5. The molecule has 1 atom stereocenters. The zero-order valence-electron chi connectivity index (χ0n) is 13.9. The minimum atomic E-state index is -0.262. The number of rotatable bonds is 4. The fourth-order valence-electron chi connectivity index (χ4n) is 2.71. The monoisotopic (exact) mass is 358 g/mol. The molecule has 1 heterocycles. The van der Waals surface area contributed by atoms with E-state index in [-0.39, 0.29) is 24.5 Å². The van der Waals surface area contributed by atoms with Gasteiger partial charge in [-0.25, -0.2) is 0 Å². The molecule has 0 radical (unpaired) electrons. The molecule has 1 fully saturated rings. The lowest BCUT2D eigenvalue weighted by Gasteiger charge is -2.32. The normalized spacial score (nSPS) is 17.4. The highest BCUT2D eigenvalue weighted by Gasteiger charge is 2.27. The highest BCUT2D eigenvalue weighted by Crippen LogP contribution is 2.21. The lowest BCUT2D eigenvalue weighted by atomic mass is 10.1. The summed E-state index contributed by atoms with van der Waals surface area (Å²) in [4.78, 5) is 26.0. The molecule has 0 saturated carbocycles. The standard InChI is InChI=1S/C19H19ClN2O3/c1-13-3-2-4-14(9-13)19(24)21-10-17-11-22(18(23)12-25-17)16-7-5-15(20)6-8-16/h2-9,17H,10-12H2,1H3,(H,21,24). The van der Waals surface area contributed by atoms with Gasteiger partial charge in [-0.3, -0.25) is 9.59 Å². The second kappa shape index (κ2) is 7.68. The largest absolute Gasteiger partial charge is 0.365 e. The first-order valence-corrected chi connectivity index (χ1v) is 8.43. The molecule has 0 bridgehead atoms. The van der Waals surface area contributed by atoms with Crippen molar-refractivity contribution in [2.24, 2.45) is 0 Å². The predicted octanol–water partition coefficient (Wildman–Crippen LogP) is 2.81. The Hall–Kier alpha value is -2.37. The van der Waals surface area contributed by atoms with Gasteiger partial charge in [-0.2, -0.15) is 0 Å². The van der Waals surface area contributed by atoms with E-state index in [2.05, 4.69) is 5.32 Å². The summed E-state index contributed by atoms with van der Waals surface area (Å²) in [5, 5.41) is 3.49. The molecule has 1 unspecified atom stereocenters. The van der Waals surface area contributed by atoms with Crippen molar-refractivity contribution in [3.05, 3.63) is 64.7 Å². The fraction of sp³-hybridized carbons (Fsp3) is 0.263. The summed E-state index contributed by atoms with van der Waals surface area (Å²) in [6.07, 6.45) is -0.262. The van der Waals surface area contributed by atoms with E-state index < -0.39 is 0 Å². The third-order valence-electron chi connectivity index (χ3n) is 4.04. The first kappa shape index (κ1) is 17.5. The van der Waals surface area contributed by atoms with Gasteiger partial charge >= 0.3 is 0 Å². The van der Waals surface area contributed by atoms with Crippen LogP contribution in [-0.4, -0.2) is 37.6 Å². The molecule has 2 amide bonds. The van der Waals surface area contributed by atoms with Crippen molar-refractivity contribution in [1.29, 1.82) is 0 Å². The maximum Gasteiger partial charge on any atom is 0.253 e. The highest BCUT2D eigenvalue weighted by atomic mass is 35.5. The van der Waals surface area contributed by atoms with Crippen molar-refractivity contribution >= 4 is 29.1 Å². The number of halogens is 1. The van der Waals surface area contributed by atoms with E-state index in [1.165, 1.54) is 0 Å². The van der Waals surface area contributed by atoms with Crippen LogP contribution in [0.1, 0.15) is 15.9 Å². The molecule has 6 heteroatoms. The number of hydrogen-bond donors (Lipinski definition) is 1. The molecule has 130 valence electrons. The Labute approximate surface area is 151 Å². The average Bonchev–Trinajstić information content (AvgIpc) is 2.61. The van der Waals surface area contributed by atoms with Crippen LogP contribution >= 0.6 is 11.6 Å². The minimum absolute atomic E-state index is 0.00634. The van der Waals surface area contributed by atoms with Crippen LogP contribution in [0.15, 0.2) is 48.5 Å². The quantitative estimate of drug-likeness (QED) is 0.914. The van der Waals surface area contributed by atoms with Crippen LogP contribution in [0.3, 0.4) is 0 Å². The molecule has 5 nitrogen and oxygen atoms in total. The van der Waals surface area contributed by atoms with Crippen molar-refractivity contribution < 1.29 is 14.3 Å². The van der Waals surface area contributed by atoms with E-state index in [0.717, 1.165) is 11.3 Å². The third kappa shape index (κ3) is 4.38. The van der Waals surface area contributed by atoms with Gasteiger partial charge in [0.15, 0.2) is 0 Å². The van der Waals surface area contributed by atoms with Crippen molar-refractivity contribution in [3.63, 3.8) is 0 Å². The van der Waals surface area contributed by atoms with Gasteiger partial charge in [0.2, 0.25) is 0 Å². The smallest absolute Gasteiger partial charge is 0.253 e. The van der Waals surface area contributed by atoms with Crippen LogP contribution in [-0.2, 0) is 9.53 Å². The summed E-state index contributed by atoms with van der Waals surface area (Å²) in [7, 11) is 0.